The van der Waals surface area contributed by atoms with Crippen molar-refractivity contribution in [3.05, 3.63) is 83.2 Å². The zero-order chi connectivity index (χ0) is 26.2. The monoisotopic (exact) mass is 508 g/mol. The van der Waals surface area contributed by atoms with E-state index < -0.39 is 11.6 Å². The molecule has 0 spiro atoms. The Balaban J connectivity index is 1.43. The van der Waals surface area contributed by atoms with E-state index in [0.29, 0.717) is 35.6 Å². The van der Waals surface area contributed by atoms with Crippen LogP contribution in [0.2, 0.25) is 0 Å². The summed E-state index contributed by atoms with van der Waals surface area (Å²) in [5.74, 6) is -1.24. The quantitative estimate of drug-likeness (QED) is 0.234. The molecule has 0 N–H and O–H groups in total. The number of unbranched alkanes of at least 4 members (excludes halogenated alkanes) is 4. The summed E-state index contributed by atoms with van der Waals surface area (Å²) in [6, 6.07) is 15.8. The third kappa shape index (κ3) is 6.84. The molecule has 2 atom stereocenters. The molecule has 0 aliphatic carbocycles. The highest BCUT2D eigenvalue weighted by Gasteiger charge is 2.24. The van der Waals surface area contributed by atoms with Crippen LogP contribution in [0.1, 0.15) is 88.9 Å². The predicted octanol–water partition coefficient (Wildman–Crippen LogP) is 10.2. The van der Waals surface area contributed by atoms with Crippen molar-refractivity contribution in [3.63, 3.8) is 0 Å². The Hall–Kier alpha value is -2.59. The normalized spacial score (nSPS) is 17.8. The average molecular weight is 509 g/mol. The van der Waals surface area contributed by atoms with Gasteiger partial charge < -0.3 is 4.74 Å². The fourth-order valence-electron chi connectivity index (χ4n) is 5.42. The minimum Gasteiger partial charge on any atom is -0.373 e. The van der Waals surface area contributed by atoms with Crippen LogP contribution in [0.3, 0.4) is 0 Å². The lowest BCUT2D eigenvalue weighted by Crippen LogP contribution is -2.21. The van der Waals surface area contributed by atoms with Crippen molar-refractivity contribution in [2.75, 3.05) is 6.61 Å². The lowest BCUT2D eigenvalue weighted by Gasteiger charge is -2.29. The maximum absolute atomic E-state index is 15.0. The molecule has 4 rings (SSSR count). The summed E-state index contributed by atoms with van der Waals surface area (Å²) < 4.78 is 50.6. The summed E-state index contributed by atoms with van der Waals surface area (Å²) in [4.78, 5) is 0. The summed E-state index contributed by atoms with van der Waals surface area (Å²) in [7, 11) is 0. The largest absolute Gasteiger partial charge is 0.373 e. The Bertz CT molecular complexity index is 1150. The Morgan fingerprint density at radius 1 is 0.730 bits per heavy atom. The van der Waals surface area contributed by atoms with Gasteiger partial charge >= 0.3 is 0 Å². The number of benzene rings is 3. The number of halogens is 3. The van der Waals surface area contributed by atoms with Crippen molar-refractivity contribution in [3.8, 4) is 22.3 Å². The minimum atomic E-state index is -0.803. The average Bonchev–Trinajstić information content (AvgIpc) is 2.92. The molecule has 0 saturated carbocycles. The van der Waals surface area contributed by atoms with Crippen LogP contribution in [0, 0.1) is 23.4 Å². The summed E-state index contributed by atoms with van der Waals surface area (Å²) in [5, 5.41) is 0. The van der Waals surface area contributed by atoms with Crippen LogP contribution in [0.5, 0.6) is 0 Å². The molecule has 0 bridgehead atoms. The first-order chi connectivity index (χ1) is 18.0. The smallest absolute Gasteiger partial charge is 0.166 e. The van der Waals surface area contributed by atoms with Gasteiger partial charge in [0.05, 0.1) is 12.7 Å². The number of ether oxygens (including phenoxy) is 1. The number of hydrogen-bond donors (Lipinski definition) is 0. The van der Waals surface area contributed by atoms with E-state index in [0.717, 1.165) is 62.5 Å². The van der Waals surface area contributed by atoms with Gasteiger partial charge in [-0.05, 0) is 66.3 Å². The van der Waals surface area contributed by atoms with Crippen molar-refractivity contribution in [2.45, 2.75) is 84.2 Å². The summed E-state index contributed by atoms with van der Waals surface area (Å²) in [6.07, 6.45) is 9.94. The van der Waals surface area contributed by atoms with Gasteiger partial charge in [0.15, 0.2) is 11.6 Å². The van der Waals surface area contributed by atoms with Gasteiger partial charge in [0.2, 0.25) is 0 Å². The van der Waals surface area contributed by atoms with Crippen molar-refractivity contribution in [1.82, 2.24) is 0 Å². The van der Waals surface area contributed by atoms with E-state index in [1.54, 1.807) is 30.3 Å². The molecule has 3 aromatic carbocycles. The Morgan fingerprint density at radius 3 is 2.14 bits per heavy atom. The van der Waals surface area contributed by atoms with Crippen LogP contribution in [0.15, 0.2) is 54.6 Å². The molecule has 1 fully saturated rings. The van der Waals surface area contributed by atoms with Gasteiger partial charge in [-0.3, -0.25) is 0 Å². The Labute approximate surface area is 220 Å². The van der Waals surface area contributed by atoms with E-state index in [9.17, 15) is 8.78 Å². The molecule has 2 unspecified atom stereocenters. The van der Waals surface area contributed by atoms with E-state index in [1.165, 1.54) is 6.42 Å². The minimum absolute atomic E-state index is 0.193. The van der Waals surface area contributed by atoms with E-state index >= 15 is 4.39 Å². The van der Waals surface area contributed by atoms with Crippen molar-refractivity contribution in [1.29, 1.82) is 0 Å². The van der Waals surface area contributed by atoms with Crippen molar-refractivity contribution >= 4 is 0 Å². The van der Waals surface area contributed by atoms with Gasteiger partial charge in [-0.25, -0.2) is 13.2 Å². The molecule has 1 aliphatic heterocycles. The summed E-state index contributed by atoms with van der Waals surface area (Å²) >= 11 is 0. The molecule has 3 aromatic rings. The second-order valence-electron chi connectivity index (χ2n) is 10.4. The van der Waals surface area contributed by atoms with Gasteiger partial charge in [-0.15, -0.1) is 0 Å². The second-order valence-corrected chi connectivity index (χ2v) is 10.4. The number of aryl methyl sites for hydroxylation is 1. The third-order valence-electron chi connectivity index (χ3n) is 7.66. The lowest BCUT2D eigenvalue weighted by molar-refractivity contribution is -0.0211. The Kier molecular flexibility index (Phi) is 9.85. The highest BCUT2D eigenvalue weighted by molar-refractivity contribution is 5.71. The molecule has 37 heavy (non-hydrogen) atoms. The van der Waals surface area contributed by atoms with Crippen LogP contribution in [-0.4, -0.2) is 6.61 Å². The zero-order valence-electron chi connectivity index (χ0n) is 22.2. The van der Waals surface area contributed by atoms with Crippen LogP contribution >= 0.6 is 0 Å². The number of rotatable bonds is 11. The molecule has 1 saturated heterocycles. The van der Waals surface area contributed by atoms with E-state index in [2.05, 4.69) is 13.8 Å². The zero-order valence-corrected chi connectivity index (χ0v) is 22.2. The first kappa shape index (κ1) is 27.4. The molecular formula is C33H39F3O. The van der Waals surface area contributed by atoms with E-state index in [-0.39, 0.29) is 17.5 Å². The fraction of sp³-hybridized carbons (Fsp3) is 0.455. The molecule has 4 heteroatoms. The maximum atomic E-state index is 15.0. The summed E-state index contributed by atoms with van der Waals surface area (Å²) in [5.41, 5.74) is 3.47. The summed E-state index contributed by atoms with van der Waals surface area (Å²) in [6.45, 7) is 5.03. The van der Waals surface area contributed by atoms with Gasteiger partial charge in [-0.2, -0.15) is 0 Å². The second kappa shape index (κ2) is 13.3. The molecule has 1 nitrogen and oxygen atoms in total. The predicted molar refractivity (Wildman–Crippen MR) is 146 cm³/mol. The van der Waals surface area contributed by atoms with Crippen LogP contribution < -0.4 is 0 Å². The lowest BCUT2D eigenvalue weighted by atomic mass is 9.91. The van der Waals surface area contributed by atoms with E-state index in [4.69, 9.17) is 4.74 Å². The van der Waals surface area contributed by atoms with Crippen molar-refractivity contribution < 1.29 is 17.9 Å². The maximum Gasteiger partial charge on any atom is 0.166 e. The van der Waals surface area contributed by atoms with Crippen LogP contribution in [0.25, 0.3) is 22.3 Å². The van der Waals surface area contributed by atoms with Gasteiger partial charge in [0.25, 0.3) is 0 Å². The fourth-order valence-corrected chi connectivity index (χ4v) is 5.42. The number of hydrogen-bond acceptors (Lipinski definition) is 1. The van der Waals surface area contributed by atoms with E-state index in [1.807, 2.05) is 24.3 Å². The SMILES string of the molecule is CCCCCCCc1ccc(-c2ccc(-c3ccc(C4CCC(CCC)CO4)c(F)c3)cc2)c(F)c1F. The molecular weight excluding hydrogens is 469 g/mol. The first-order valence-electron chi connectivity index (χ1n) is 14.0. The van der Waals surface area contributed by atoms with Gasteiger partial charge in [-0.1, -0.05) is 94.5 Å². The standard InChI is InChI=1S/C33H39F3O/c1-3-5-6-7-8-10-26-16-18-28(33(36)32(26)35)25-14-12-24(13-15-25)27-17-19-29(30(34)21-27)31-20-11-23(9-4-2)22-37-31/h12-19,21,23,31H,3-11,20,22H2,1-2H3. The molecule has 198 valence electrons. The first-order valence-corrected chi connectivity index (χ1v) is 14.0. The molecule has 1 heterocycles. The van der Waals surface area contributed by atoms with Gasteiger partial charge in [0.1, 0.15) is 5.82 Å². The molecule has 0 radical (unpaired) electrons. The van der Waals surface area contributed by atoms with Crippen LogP contribution in [0.4, 0.5) is 13.2 Å². The third-order valence-corrected chi connectivity index (χ3v) is 7.66. The topological polar surface area (TPSA) is 9.23 Å². The molecule has 0 amide bonds. The van der Waals surface area contributed by atoms with Crippen LogP contribution in [-0.2, 0) is 11.2 Å². The molecule has 1 aliphatic rings. The highest BCUT2D eigenvalue weighted by Crippen LogP contribution is 2.35. The van der Waals surface area contributed by atoms with Gasteiger partial charge in [0, 0.05) is 11.1 Å². The Morgan fingerprint density at radius 2 is 1.46 bits per heavy atom. The molecule has 0 aromatic heterocycles. The van der Waals surface area contributed by atoms with Crippen molar-refractivity contribution in [2.24, 2.45) is 5.92 Å². The highest BCUT2D eigenvalue weighted by atomic mass is 19.2.